The topological polar surface area (TPSA) is 37.5 Å². The van der Waals surface area contributed by atoms with Gasteiger partial charge in [-0.25, -0.2) is 4.98 Å². The van der Waals surface area contributed by atoms with Crippen LogP contribution in [0.5, 0.6) is 0 Å². The summed E-state index contributed by atoms with van der Waals surface area (Å²) in [4.78, 5) is 6.70. The lowest BCUT2D eigenvalue weighted by Crippen LogP contribution is -2.08. The lowest BCUT2D eigenvalue weighted by molar-refractivity contribution is 0.171. The summed E-state index contributed by atoms with van der Waals surface area (Å²) in [5, 5.41) is 10.8. The molecule has 0 aliphatic heterocycles. The van der Waals surface area contributed by atoms with Crippen molar-refractivity contribution in [1.82, 2.24) is 9.38 Å². The summed E-state index contributed by atoms with van der Waals surface area (Å²) in [6, 6.07) is 8.29. The van der Waals surface area contributed by atoms with Crippen molar-refractivity contribution in [3.63, 3.8) is 0 Å². The largest absolute Gasteiger partial charge is 0.386 e. The van der Waals surface area contributed by atoms with Crippen molar-refractivity contribution in [2.24, 2.45) is 0 Å². The lowest BCUT2D eigenvalue weighted by Gasteiger charge is -2.14. The maximum absolute atomic E-state index is 10.8. The van der Waals surface area contributed by atoms with E-state index in [2.05, 4.69) is 28.4 Å². The number of benzene rings is 1. The normalized spacial score (nSPS) is 16.5. The smallest absolute Gasteiger partial charge is 0.120 e. The molecule has 0 radical (unpaired) electrons. The van der Waals surface area contributed by atoms with Crippen LogP contribution in [0.1, 0.15) is 46.6 Å². The number of aliphatic hydroxyl groups is 1. The predicted octanol–water partition coefficient (Wildman–Crippen LogP) is 3.86. The second-order valence-electron chi connectivity index (χ2n) is 5.87. The number of aromatic nitrogens is 2. The van der Waals surface area contributed by atoms with E-state index in [0.717, 1.165) is 10.5 Å². The van der Waals surface area contributed by atoms with Crippen molar-refractivity contribution in [3.05, 3.63) is 58.5 Å². The van der Waals surface area contributed by atoms with Gasteiger partial charge in [-0.3, -0.25) is 4.40 Å². The number of hydrogen-bond donors (Lipinski definition) is 1. The summed E-state index contributed by atoms with van der Waals surface area (Å²) in [6.45, 7) is 2.10. The predicted molar refractivity (Wildman–Crippen MR) is 84.9 cm³/mol. The molecular formula is C17H18N2OS. The Kier molecular flexibility index (Phi) is 3.08. The van der Waals surface area contributed by atoms with Crippen LogP contribution in [0.2, 0.25) is 0 Å². The SMILES string of the molecule is Cc1ccccc1CC(O)c1c(C2CC2)sc2cncn12. The first-order valence-corrected chi connectivity index (χ1v) is 8.23. The van der Waals surface area contributed by atoms with Gasteiger partial charge in [-0.05, 0) is 36.8 Å². The van der Waals surface area contributed by atoms with E-state index in [1.807, 2.05) is 24.7 Å². The number of rotatable bonds is 4. The molecule has 1 aliphatic rings. The number of thiazole rings is 1. The number of nitrogens with zero attached hydrogens (tertiary/aromatic N) is 2. The molecule has 1 unspecified atom stereocenters. The van der Waals surface area contributed by atoms with E-state index >= 15 is 0 Å². The molecule has 1 saturated carbocycles. The number of aryl methyl sites for hydroxylation is 1. The quantitative estimate of drug-likeness (QED) is 0.794. The molecule has 1 atom stereocenters. The van der Waals surface area contributed by atoms with Crippen LogP contribution in [0, 0.1) is 6.92 Å². The summed E-state index contributed by atoms with van der Waals surface area (Å²) in [7, 11) is 0. The summed E-state index contributed by atoms with van der Waals surface area (Å²) in [5.41, 5.74) is 3.51. The first-order chi connectivity index (χ1) is 10.2. The van der Waals surface area contributed by atoms with Gasteiger partial charge in [-0.15, -0.1) is 11.3 Å². The van der Waals surface area contributed by atoms with Crippen molar-refractivity contribution < 1.29 is 5.11 Å². The summed E-state index contributed by atoms with van der Waals surface area (Å²) in [5.74, 6) is 0.649. The summed E-state index contributed by atoms with van der Waals surface area (Å²) in [6.07, 6.45) is 6.41. The monoisotopic (exact) mass is 298 g/mol. The van der Waals surface area contributed by atoms with E-state index < -0.39 is 6.10 Å². The van der Waals surface area contributed by atoms with Crippen molar-refractivity contribution in [3.8, 4) is 0 Å². The highest BCUT2D eigenvalue weighted by Crippen LogP contribution is 2.47. The van der Waals surface area contributed by atoms with Crippen molar-refractivity contribution in [1.29, 1.82) is 0 Å². The maximum atomic E-state index is 10.8. The molecular weight excluding hydrogens is 280 g/mol. The van der Waals surface area contributed by atoms with Gasteiger partial charge in [-0.1, -0.05) is 24.3 Å². The third-order valence-electron chi connectivity index (χ3n) is 4.27. The molecule has 2 heterocycles. The highest BCUT2D eigenvalue weighted by molar-refractivity contribution is 7.17. The molecule has 4 heteroatoms. The third kappa shape index (κ3) is 2.28. The Hall–Kier alpha value is -1.65. The standard InChI is InChI=1S/C17H18N2OS/c1-11-4-2-3-5-13(11)8-14(20)16-17(12-6-7-12)21-15-9-18-10-19(15)16/h2-5,9-10,12,14,20H,6-8H2,1H3. The van der Waals surface area contributed by atoms with Crippen molar-refractivity contribution in [2.75, 3.05) is 0 Å². The van der Waals surface area contributed by atoms with Gasteiger partial charge in [0.2, 0.25) is 0 Å². The number of imidazole rings is 1. The minimum Gasteiger partial charge on any atom is -0.386 e. The average molecular weight is 298 g/mol. The van der Waals surface area contributed by atoms with Crippen LogP contribution in [-0.2, 0) is 6.42 Å². The van der Waals surface area contributed by atoms with Crippen LogP contribution in [0.3, 0.4) is 0 Å². The molecule has 0 saturated heterocycles. The molecule has 3 nitrogen and oxygen atoms in total. The van der Waals surface area contributed by atoms with Gasteiger partial charge in [0.25, 0.3) is 0 Å². The van der Waals surface area contributed by atoms with Crippen molar-refractivity contribution >= 4 is 16.2 Å². The van der Waals surface area contributed by atoms with Crippen LogP contribution in [-0.4, -0.2) is 14.5 Å². The van der Waals surface area contributed by atoms with Gasteiger partial charge < -0.3 is 5.11 Å². The van der Waals surface area contributed by atoms with Gasteiger partial charge in [0, 0.05) is 11.3 Å². The Morgan fingerprint density at radius 2 is 2.19 bits per heavy atom. The molecule has 4 rings (SSSR count). The van der Waals surface area contributed by atoms with Crippen molar-refractivity contribution in [2.45, 2.75) is 38.2 Å². The molecule has 3 aromatic rings. The Morgan fingerprint density at radius 3 is 2.95 bits per heavy atom. The lowest BCUT2D eigenvalue weighted by atomic mass is 10.00. The minimum absolute atomic E-state index is 0.468. The Labute approximate surface area is 127 Å². The zero-order valence-corrected chi connectivity index (χ0v) is 12.8. The number of fused-ring (bicyclic) bond motifs is 1. The second-order valence-corrected chi connectivity index (χ2v) is 6.94. The summed E-state index contributed by atoms with van der Waals surface area (Å²) < 4.78 is 2.07. The molecule has 21 heavy (non-hydrogen) atoms. The van der Waals surface area contributed by atoms with E-state index in [9.17, 15) is 5.11 Å². The zero-order valence-electron chi connectivity index (χ0n) is 12.0. The van der Waals surface area contributed by atoms with Crippen LogP contribution < -0.4 is 0 Å². The minimum atomic E-state index is -0.468. The second kappa shape index (κ2) is 4.97. The highest BCUT2D eigenvalue weighted by Gasteiger charge is 2.32. The third-order valence-corrected chi connectivity index (χ3v) is 5.54. The molecule has 2 aromatic heterocycles. The fourth-order valence-electron chi connectivity index (χ4n) is 2.93. The first kappa shape index (κ1) is 13.0. The Bertz CT molecular complexity index is 785. The Balaban J connectivity index is 1.73. The zero-order chi connectivity index (χ0) is 14.4. The van der Waals surface area contributed by atoms with Crippen LogP contribution in [0.4, 0.5) is 0 Å². The van der Waals surface area contributed by atoms with E-state index in [-0.39, 0.29) is 0 Å². The van der Waals surface area contributed by atoms with E-state index in [1.54, 1.807) is 11.3 Å². The van der Waals surface area contributed by atoms with Gasteiger partial charge in [0.1, 0.15) is 11.2 Å². The fraction of sp³-hybridized carbons (Fsp3) is 0.353. The molecule has 1 aromatic carbocycles. The molecule has 0 amide bonds. The van der Waals surface area contributed by atoms with Gasteiger partial charge in [-0.2, -0.15) is 0 Å². The molecule has 1 aliphatic carbocycles. The number of aliphatic hydroxyl groups excluding tert-OH is 1. The first-order valence-electron chi connectivity index (χ1n) is 7.41. The van der Waals surface area contributed by atoms with E-state index in [0.29, 0.717) is 12.3 Å². The molecule has 0 spiro atoms. The highest BCUT2D eigenvalue weighted by atomic mass is 32.1. The van der Waals surface area contributed by atoms with E-state index in [4.69, 9.17) is 0 Å². The fourth-order valence-corrected chi connectivity index (χ4v) is 4.25. The van der Waals surface area contributed by atoms with Crippen LogP contribution in [0.15, 0.2) is 36.8 Å². The Morgan fingerprint density at radius 1 is 1.38 bits per heavy atom. The molecule has 108 valence electrons. The van der Waals surface area contributed by atoms with Gasteiger partial charge >= 0.3 is 0 Å². The average Bonchev–Trinajstić information content (AvgIpc) is 3.10. The molecule has 1 fully saturated rings. The van der Waals surface area contributed by atoms with Gasteiger partial charge in [0.05, 0.1) is 18.0 Å². The maximum Gasteiger partial charge on any atom is 0.120 e. The van der Waals surface area contributed by atoms with E-state index in [1.165, 1.54) is 28.8 Å². The van der Waals surface area contributed by atoms with Gasteiger partial charge in [0.15, 0.2) is 0 Å². The van der Waals surface area contributed by atoms with Crippen LogP contribution >= 0.6 is 11.3 Å². The number of hydrogen-bond acceptors (Lipinski definition) is 3. The molecule has 0 bridgehead atoms. The summed E-state index contributed by atoms with van der Waals surface area (Å²) >= 11 is 1.78. The molecule has 1 N–H and O–H groups in total. The van der Waals surface area contributed by atoms with Crippen LogP contribution in [0.25, 0.3) is 4.83 Å².